The smallest absolute Gasteiger partial charge is 0.267 e. The lowest BCUT2D eigenvalue weighted by Crippen LogP contribution is -2.22. The van der Waals surface area contributed by atoms with Gasteiger partial charge in [-0.25, -0.2) is 18.4 Å². The number of aromatic nitrogens is 4. The number of nitrogens with two attached hydrogens (primary N) is 1. The maximum absolute atomic E-state index is 13.3. The minimum atomic E-state index is -2.67. The van der Waals surface area contributed by atoms with E-state index in [1.165, 1.54) is 10.7 Å². The van der Waals surface area contributed by atoms with Crippen LogP contribution in [0.2, 0.25) is 0 Å². The predicted molar refractivity (Wildman–Crippen MR) is 83.4 cm³/mol. The van der Waals surface area contributed by atoms with Crippen LogP contribution >= 0.6 is 0 Å². The molecule has 1 fully saturated rings. The molecule has 2 aromatic heterocycles. The minimum Gasteiger partial charge on any atom is -0.367 e. The molecule has 128 valence electrons. The number of rotatable bonds is 4. The number of amides is 1. The Kier molecular flexibility index (Phi) is 3.94. The number of carbonyl (C=O) groups is 1. The van der Waals surface area contributed by atoms with E-state index >= 15 is 0 Å². The molecular formula is C15H18F2N6O. The second kappa shape index (κ2) is 5.81. The molecule has 9 heteroatoms. The summed E-state index contributed by atoms with van der Waals surface area (Å²) in [6.45, 7) is 3.64. The summed E-state index contributed by atoms with van der Waals surface area (Å²) in [4.78, 5) is 19.9. The molecule has 0 radical (unpaired) electrons. The fraction of sp³-hybridized carbons (Fsp3) is 0.467. The molecule has 0 saturated heterocycles. The SMILES string of the molecule is Cc1cc(C)n(-c2nc(NC3CCC(F)(F)C3)cc(C(N)=O)n2)n1. The number of halogens is 2. The number of carbonyl (C=O) groups excluding carboxylic acids is 1. The summed E-state index contributed by atoms with van der Waals surface area (Å²) < 4.78 is 28.2. The standard InChI is InChI=1S/C15H18F2N6O/c1-8-5-9(2)23(22-8)14-20-11(13(18)24)6-12(21-14)19-10-3-4-15(16,17)7-10/h5-6,10H,3-4,7H2,1-2H3,(H2,18,24)(H,19,20,21). The molecule has 2 heterocycles. The van der Waals surface area contributed by atoms with Crippen molar-refractivity contribution in [2.75, 3.05) is 5.32 Å². The van der Waals surface area contributed by atoms with E-state index in [0.29, 0.717) is 6.42 Å². The fourth-order valence-electron chi connectivity index (χ4n) is 2.84. The van der Waals surface area contributed by atoms with Gasteiger partial charge in [0.2, 0.25) is 5.92 Å². The maximum Gasteiger partial charge on any atom is 0.267 e. The molecule has 3 rings (SSSR count). The molecule has 3 N–H and O–H groups in total. The zero-order valence-corrected chi connectivity index (χ0v) is 13.4. The number of hydrogen-bond donors (Lipinski definition) is 2. The average molecular weight is 336 g/mol. The number of nitrogens with zero attached hydrogens (tertiary/aromatic N) is 4. The normalized spacial score (nSPS) is 19.4. The van der Waals surface area contributed by atoms with Gasteiger partial charge in [0.05, 0.1) is 5.69 Å². The molecule has 1 saturated carbocycles. The largest absolute Gasteiger partial charge is 0.367 e. The molecule has 1 atom stereocenters. The molecule has 24 heavy (non-hydrogen) atoms. The van der Waals surface area contributed by atoms with Gasteiger partial charge in [-0.05, 0) is 26.3 Å². The Morgan fingerprint density at radius 1 is 1.38 bits per heavy atom. The first-order valence-corrected chi connectivity index (χ1v) is 7.60. The fourth-order valence-corrected chi connectivity index (χ4v) is 2.84. The van der Waals surface area contributed by atoms with Crippen molar-refractivity contribution in [1.82, 2.24) is 19.7 Å². The monoisotopic (exact) mass is 336 g/mol. The van der Waals surface area contributed by atoms with E-state index in [0.717, 1.165) is 11.4 Å². The second-order valence-electron chi connectivity index (χ2n) is 6.08. The number of aryl methyl sites for hydroxylation is 2. The van der Waals surface area contributed by atoms with Gasteiger partial charge in [0.1, 0.15) is 11.5 Å². The third kappa shape index (κ3) is 3.34. The first-order valence-electron chi connectivity index (χ1n) is 7.60. The predicted octanol–water partition coefficient (Wildman–Crippen LogP) is 1.98. The lowest BCUT2D eigenvalue weighted by molar-refractivity contribution is 0.00851. The molecular weight excluding hydrogens is 318 g/mol. The van der Waals surface area contributed by atoms with Crippen LogP contribution in [0.15, 0.2) is 12.1 Å². The lowest BCUT2D eigenvalue weighted by atomic mass is 10.2. The molecule has 0 aromatic carbocycles. The van der Waals surface area contributed by atoms with Crippen molar-refractivity contribution in [1.29, 1.82) is 0 Å². The van der Waals surface area contributed by atoms with E-state index in [9.17, 15) is 13.6 Å². The third-order valence-electron chi connectivity index (χ3n) is 3.92. The van der Waals surface area contributed by atoms with Gasteiger partial charge in [-0.3, -0.25) is 4.79 Å². The van der Waals surface area contributed by atoms with Crippen molar-refractivity contribution < 1.29 is 13.6 Å². The van der Waals surface area contributed by atoms with Gasteiger partial charge in [-0.1, -0.05) is 0 Å². The molecule has 0 bridgehead atoms. The zero-order valence-electron chi connectivity index (χ0n) is 13.4. The van der Waals surface area contributed by atoms with Crippen molar-refractivity contribution in [3.05, 3.63) is 29.2 Å². The average Bonchev–Trinajstić information content (AvgIpc) is 3.00. The summed E-state index contributed by atoms with van der Waals surface area (Å²) in [5.41, 5.74) is 6.87. The molecule has 1 amide bonds. The number of primary amides is 1. The number of hydrogen-bond acceptors (Lipinski definition) is 5. The zero-order chi connectivity index (χ0) is 17.5. The van der Waals surface area contributed by atoms with Gasteiger partial charge < -0.3 is 11.1 Å². The topological polar surface area (TPSA) is 98.7 Å². The molecule has 0 aliphatic heterocycles. The molecule has 1 unspecified atom stereocenters. The quantitative estimate of drug-likeness (QED) is 0.889. The van der Waals surface area contributed by atoms with Gasteiger partial charge in [-0.15, -0.1) is 0 Å². The van der Waals surface area contributed by atoms with Crippen molar-refractivity contribution in [2.24, 2.45) is 5.73 Å². The highest BCUT2D eigenvalue weighted by atomic mass is 19.3. The summed E-state index contributed by atoms with van der Waals surface area (Å²) in [5, 5.41) is 7.22. The Bertz CT molecular complexity index is 788. The Morgan fingerprint density at radius 2 is 2.12 bits per heavy atom. The van der Waals surface area contributed by atoms with E-state index in [4.69, 9.17) is 5.73 Å². The molecule has 1 aliphatic carbocycles. The van der Waals surface area contributed by atoms with Crippen molar-refractivity contribution in [3.63, 3.8) is 0 Å². The number of anilines is 1. The summed E-state index contributed by atoms with van der Waals surface area (Å²) in [6.07, 6.45) is -0.0982. The Hall–Kier alpha value is -2.58. The number of nitrogens with one attached hydrogen (secondary N) is 1. The molecule has 7 nitrogen and oxygen atoms in total. The minimum absolute atomic E-state index is 0.000176. The van der Waals surface area contributed by atoms with Gasteiger partial charge in [-0.2, -0.15) is 10.1 Å². The van der Waals surface area contributed by atoms with E-state index in [-0.39, 0.29) is 30.3 Å². The van der Waals surface area contributed by atoms with Crippen LogP contribution in [0.4, 0.5) is 14.6 Å². The summed E-state index contributed by atoms with van der Waals surface area (Å²) in [5.74, 6) is -2.94. The van der Waals surface area contributed by atoms with E-state index in [1.54, 1.807) is 0 Å². The van der Waals surface area contributed by atoms with E-state index < -0.39 is 17.9 Å². The first kappa shape index (κ1) is 16.3. The van der Waals surface area contributed by atoms with Gasteiger partial charge >= 0.3 is 0 Å². The van der Waals surface area contributed by atoms with Crippen LogP contribution < -0.4 is 11.1 Å². The number of alkyl halides is 2. The summed E-state index contributed by atoms with van der Waals surface area (Å²) >= 11 is 0. The third-order valence-corrected chi connectivity index (χ3v) is 3.92. The van der Waals surface area contributed by atoms with Gasteiger partial charge in [0.25, 0.3) is 11.9 Å². The summed E-state index contributed by atoms with van der Waals surface area (Å²) in [6, 6.07) is 2.79. The molecule has 2 aromatic rings. The van der Waals surface area contributed by atoms with Crippen molar-refractivity contribution in [2.45, 2.75) is 45.1 Å². The molecule has 1 aliphatic rings. The Balaban J connectivity index is 1.95. The van der Waals surface area contributed by atoms with Crippen LogP contribution in [0.25, 0.3) is 5.95 Å². The summed E-state index contributed by atoms with van der Waals surface area (Å²) in [7, 11) is 0. The first-order chi connectivity index (χ1) is 11.2. The van der Waals surface area contributed by atoms with Crippen LogP contribution in [0.5, 0.6) is 0 Å². The van der Waals surface area contributed by atoms with Crippen molar-refractivity contribution >= 4 is 11.7 Å². The lowest BCUT2D eigenvalue weighted by Gasteiger charge is -2.15. The van der Waals surface area contributed by atoms with Gasteiger partial charge in [0.15, 0.2) is 0 Å². The highest BCUT2D eigenvalue weighted by Gasteiger charge is 2.39. The molecule has 0 spiro atoms. The van der Waals surface area contributed by atoms with Crippen LogP contribution in [0.3, 0.4) is 0 Å². The van der Waals surface area contributed by atoms with Crippen LogP contribution in [0, 0.1) is 13.8 Å². The van der Waals surface area contributed by atoms with Crippen LogP contribution in [-0.2, 0) is 0 Å². The van der Waals surface area contributed by atoms with Crippen LogP contribution in [-0.4, -0.2) is 37.6 Å². The van der Waals surface area contributed by atoms with E-state index in [1.807, 2.05) is 19.9 Å². The second-order valence-corrected chi connectivity index (χ2v) is 6.08. The van der Waals surface area contributed by atoms with Gasteiger partial charge in [0, 0.05) is 30.6 Å². The van der Waals surface area contributed by atoms with Crippen LogP contribution in [0.1, 0.15) is 41.1 Å². The van der Waals surface area contributed by atoms with E-state index in [2.05, 4.69) is 20.4 Å². The highest BCUT2D eigenvalue weighted by Crippen LogP contribution is 2.36. The Morgan fingerprint density at radius 3 is 2.67 bits per heavy atom. The highest BCUT2D eigenvalue weighted by molar-refractivity contribution is 5.91. The van der Waals surface area contributed by atoms with Crippen molar-refractivity contribution in [3.8, 4) is 5.95 Å². The Labute approximate surface area is 137 Å². The maximum atomic E-state index is 13.3.